The normalized spacial score (nSPS) is 33.0. The van der Waals surface area contributed by atoms with E-state index in [4.69, 9.17) is 18.9 Å². The Hall–Kier alpha value is -1.40. The molecule has 20 heavy (non-hydrogen) atoms. The topological polar surface area (TPSA) is 71.1 Å². The van der Waals surface area contributed by atoms with Crippen LogP contribution in [0.4, 0.5) is 0 Å². The molecule has 0 N–H and O–H groups in total. The van der Waals surface area contributed by atoms with Gasteiger partial charge in [-0.1, -0.05) is 0 Å². The summed E-state index contributed by atoms with van der Waals surface area (Å²) in [5, 5.41) is 0. The van der Waals surface area contributed by atoms with Crippen LogP contribution >= 0.6 is 0 Å². The molecule has 6 heteroatoms. The predicted octanol–water partition coefficient (Wildman–Crippen LogP) is 1.33. The summed E-state index contributed by atoms with van der Waals surface area (Å²) in [5.74, 6) is -1.56. The summed E-state index contributed by atoms with van der Waals surface area (Å²) in [4.78, 5) is 22.7. The zero-order valence-electron chi connectivity index (χ0n) is 12.2. The highest BCUT2D eigenvalue weighted by molar-refractivity contribution is 5.83. The van der Waals surface area contributed by atoms with Crippen LogP contribution in [0.1, 0.15) is 34.1 Å². The molecule has 1 saturated heterocycles. The van der Waals surface area contributed by atoms with Gasteiger partial charge in [0.05, 0.1) is 6.61 Å². The highest BCUT2D eigenvalue weighted by Crippen LogP contribution is 2.42. The molecule has 2 rings (SSSR count). The molecule has 0 aromatic carbocycles. The van der Waals surface area contributed by atoms with E-state index in [0.717, 1.165) is 5.57 Å². The minimum absolute atomic E-state index is 0.312. The molecule has 0 spiro atoms. The Morgan fingerprint density at radius 2 is 2.10 bits per heavy atom. The second kappa shape index (κ2) is 5.54. The monoisotopic (exact) mass is 284 g/mol. The molecule has 0 aromatic heterocycles. The summed E-state index contributed by atoms with van der Waals surface area (Å²) in [7, 11) is 0. The third-order valence-electron chi connectivity index (χ3n) is 3.21. The van der Waals surface area contributed by atoms with E-state index in [1.807, 2.05) is 0 Å². The fourth-order valence-electron chi connectivity index (χ4n) is 2.61. The lowest BCUT2D eigenvalue weighted by Gasteiger charge is -2.21. The number of hydrogen-bond donors (Lipinski definition) is 0. The summed E-state index contributed by atoms with van der Waals surface area (Å²) in [6.45, 7) is 6.99. The zero-order chi connectivity index (χ0) is 14.9. The molecule has 0 amide bonds. The molecule has 6 nitrogen and oxygen atoms in total. The first kappa shape index (κ1) is 15.0. The van der Waals surface area contributed by atoms with Crippen molar-refractivity contribution in [2.24, 2.45) is 0 Å². The van der Waals surface area contributed by atoms with Gasteiger partial charge in [-0.2, -0.15) is 0 Å². The average molecular weight is 284 g/mol. The maximum absolute atomic E-state index is 11.6. The van der Waals surface area contributed by atoms with E-state index in [2.05, 4.69) is 0 Å². The van der Waals surface area contributed by atoms with Gasteiger partial charge in [-0.3, -0.25) is 4.79 Å². The summed E-state index contributed by atoms with van der Waals surface area (Å²) in [6, 6.07) is 0. The van der Waals surface area contributed by atoms with Crippen LogP contribution in [0.2, 0.25) is 0 Å². The number of ether oxygens (including phenoxy) is 4. The fraction of sp³-hybridized carbons (Fsp3) is 0.714. The first-order valence-corrected chi connectivity index (χ1v) is 6.72. The molecule has 1 heterocycles. The molecular weight excluding hydrogens is 264 g/mol. The molecule has 1 aliphatic heterocycles. The van der Waals surface area contributed by atoms with Gasteiger partial charge >= 0.3 is 11.9 Å². The first-order valence-electron chi connectivity index (χ1n) is 6.72. The highest BCUT2D eigenvalue weighted by atomic mass is 16.8. The Morgan fingerprint density at radius 1 is 1.40 bits per heavy atom. The van der Waals surface area contributed by atoms with E-state index in [1.54, 1.807) is 20.8 Å². The van der Waals surface area contributed by atoms with E-state index in [1.165, 1.54) is 13.0 Å². The van der Waals surface area contributed by atoms with E-state index in [0.29, 0.717) is 13.0 Å². The van der Waals surface area contributed by atoms with Gasteiger partial charge in [0.25, 0.3) is 0 Å². The second-order valence-corrected chi connectivity index (χ2v) is 5.34. The van der Waals surface area contributed by atoms with Crippen molar-refractivity contribution in [2.45, 2.75) is 58.2 Å². The van der Waals surface area contributed by atoms with Crippen LogP contribution in [0, 0.1) is 0 Å². The molecule has 0 radical (unpaired) electrons. The molecule has 112 valence electrons. The average Bonchev–Trinajstić information content (AvgIpc) is 2.75. The third-order valence-corrected chi connectivity index (χ3v) is 3.21. The Balaban J connectivity index is 2.18. The van der Waals surface area contributed by atoms with Gasteiger partial charge in [0, 0.05) is 19.4 Å². The number of fused-ring (bicyclic) bond motifs is 1. The van der Waals surface area contributed by atoms with E-state index in [9.17, 15) is 9.59 Å². The number of esters is 2. The van der Waals surface area contributed by atoms with Gasteiger partial charge in [0.1, 0.15) is 18.3 Å². The summed E-state index contributed by atoms with van der Waals surface area (Å²) in [5.41, 5.74) is 0.741. The molecule has 1 aliphatic carbocycles. The molecule has 2 aliphatic rings. The highest BCUT2D eigenvalue weighted by Gasteiger charge is 2.53. The molecule has 2 fully saturated rings. The predicted molar refractivity (Wildman–Crippen MR) is 68.7 cm³/mol. The molecular formula is C14H20O6. The second-order valence-electron chi connectivity index (χ2n) is 5.34. The van der Waals surface area contributed by atoms with Crippen LogP contribution in [0.25, 0.3) is 0 Å². The molecule has 0 bridgehead atoms. The smallest absolute Gasteiger partial charge is 0.330 e. The molecule has 3 atom stereocenters. The Morgan fingerprint density at radius 3 is 2.70 bits per heavy atom. The van der Waals surface area contributed by atoms with Crippen LogP contribution in [-0.2, 0) is 28.5 Å². The van der Waals surface area contributed by atoms with Crippen LogP contribution in [0.15, 0.2) is 11.6 Å². The minimum atomic E-state index is -0.762. The van der Waals surface area contributed by atoms with Crippen molar-refractivity contribution in [3.8, 4) is 0 Å². The summed E-state index contributed by atoms with van der Waals surface area (Å²) >= 11 is 0. The molecule has 0 unspecified atom stereocenters. The van der Waals surface area contributed by atoms with Gasteiger partial charge in [-0.15, -0.1) is 0 Å². The summed E-state index contributed by atoms with van der Waals surface area (Å²) in [6.07, 6.45) is 0.646. The van der Waals surface area contributed by atoms with Crippen molar-refractivity contribution >= 4 is 11.9 Å². The van der Waals surface area contributed by atoms with Gasteiger partial charge in [-0.25, -0.2) is 4.79 Å². The van der Waals surface area contributed by atoms with Gasteiger partial charge in [0.15, 0.2) is 5.79 Å². The largest absolute Gasteiger partial charge is 0.463 e. The summed E-state index contributed by atoms with van der Waals surface area (Å²) < 4.78 is 21.7. The maximum Gasteiger partial charge on any atom is 0.330 e. The Labute approximate surface area is 118 Å². The van der Waals surface area contributed by atoms with E-state index >= 15 is 0 Å². The van der Waals surface area contributed by atoms with Crippen LogP contribution in [0.5, 0.6) is 0 Å². The van der Waals surface area contributed by atoms with Crippen LogP contribution in [-0.4, -0.2) is 42.6 Å². The third kappa shape index (κ3) is 3.19. The number of hydrogen-bond acceptors (Lipinski definition) is 6. The van der Waals surface area contributed by atoms with Crippen molar-refractivity contribution in [1.29, 1.82) is 0 Å². The number of carbonyl (C=O) groups excluding carboxylic acids is 2. The lowest BCUT2D eigenvalue weighted by Crippen LogP contribution is -2.31. The van der Waals surface area contributed by atoms with Gasteiger partial charge in [0.2, 0.25) is 0 Å². The van der Waals surface area contributed by atoms with Crippen molar-refractivity contribution in [2.75, 3.05) is 6.61 Å². The zero-order valence-corrected chi connectivity index (χ0v) is 12.2. The van der Waals surface area contributed by atoms with E-state index in [-0.39, 0.29) is 18.2 Å². The van der Waals surface area contributed by atoms with Crippen molar-refractivity contribution < 1.29 is 28.5 Å². The maximum atomic E-state index is 11.6. The van der Waals surface area contributed by atoms with Crippen molar-refractivity contribution in [1.82, 2.24) is 0 Å². The standard InChI is InChI=1S/C14H20O6/c1-5-17-11(16)7-9-6-10(18-8(2)15)13-12(9)19-14(3,4)20-13/h7,10,12-13H,5-6H2,1-4H3/b9-7+/t10-,12+,13-/m1/s1. The first-order chi connectivity index (χ1) is 9.32. The van der Waals surface area contributed by atoms with E-state index < -0.39 is 17.9 Å². The van der Waals surface area contributed by atoms with Crippen molar-refractivity contribution in [3.05, 3.63) is 11.6 Å². The minimum Gasteiger partial charge on any atom is -0.463 e. The number of rotatable bonds is 3. The van der Waals surface area contributed by atoms with Crippen LogP contribution < -0.4 is 0 Å². The number of carbonyl (C=O) groups is 2. The molecule has 0 aromatic rings. The quantitative estimate of drug-likeness (QED) is 0.575. The lowest BCUT2D eigenvalue weighted by atomic mass is 10.1. The Bertz CT molecular complexity index is 439. The molecule has 1 saturated carbocycles. The SMILES string of the molecule is CCOC(=O)/C=C1\C[C@@H](OC(C)=O)[C@H]2OC(C)(C)O[C@@H]12. The Kier molecular flexibility index (Phi) is 4.15. The lowest BCUT2D eigenvalue weighted by molar-refractivity contribution is -0.171. The van der Waals surface area contributed by atoms with Gasteiger partial charge < -0.3 is 18.9 Å². The van der Waals surface area contributed by atoms with Crippen LogP contribution in [0.3, 0.4) is 0 Å². The van der Waals surface area contributed by atoms with Crippen molar-refractivity contribution in [3.63, 3.8) is 0 Å². The fourth-order valence-corrected chi connectivity index (χ4v) is 2.61. The van der Waals surface area contributed by atoms with Gasteiger partial charge in [-0.05, 0) is 26.3 Å².